The first kappa shape index (κ1) is 14.2. The van der Waals surface area contributed by atoms with E-state index < -0.39 is 0 Å². The van der Waals surface area contributed by atoms with E-state index in [0.717, 1.165) is 30.2 Å². The van der Waals surface area contributed by atoms with E-state index in [1.807, 2.05) is 26.4 Å². The Kier molecular flexibility index (Phi) is 5.13. The summed E-state index contributed by atoms with van der Waals surface area (Å²) in [5, 5.41) is 3.12. The first-order valence-electron chi connectivity index (χ1n) is 6.40. The molecule has 0 unspecified atom stereocenters. The molecule has 0 saturated heterocycles. The van der Waals surface area contributed by atoms with Crippen LogP contribution in [0, 0.1) is 13.8 Å². The number of hydrogen-bond acceptors (Lipinski definition) is 5. The molecule has 5 heteroatoms. The molecule has 104 valence electrons. The van der Waals surface area contributed by atoms with Crippen LogP contribution in [0.4, 0.5) is 0 Å². The van der Waals surface area contributed by atoms with Crippen LogP contribution in [0.2, 0.25) is 0 Å². The number of hydrogen-bond donors (Lipinski definition) is 1. The largest absolute Gasteiger partial charge is 0.464 e. The number of rotatable bonds is 7. The molecule has 0 saturated carbocycles. The third kappa shape index (κ3) is 3.89. The second-order valence-corrected chi connectivity index (χ2v) is 5.43. The zero-order valence-corrected chi connectivity index (χ0v) is 12.5. The Hall–Kier alpha value is -1.17. The van der Waals surface area contributed by atoms with Gasteiger partial charge in [-0.05, 0) is 27.0 Å². The summed E-state index contributed by atoms with van der Waals surface area (Å²) in [5.41, 5.74) is 4.18. The van der Waals surface area contributed by atoms with Gasteiger partial charge in [-0.2, -0.15) is 0 Å². The molecule has 1 N–H and O–H groups in total. The number of thiazole rings is 1. The van der Waals surface area contributed by atoms with Crippen LogP contribution in [0.1, 0.15) is 27.7 Å². The standard InChI is InChI=1S/C14H20N2O2S/c1-10-14(19-9-16-10)4-5-17-8-13-6-12(7-15-3)11(2)18-13/h6,9,15H,4-5,7-8H2,1-3H3. The maximum absolute atomic E-state index is 5.66. The van der Waals surface area contributed by atoms with Gasteiger partial charge in [0.25, 0.3) is 0 Å². The predicted molar refractivity (Wildman–Crippen MR) is 76.4 cm³/mol. The highest BCUT2D eigenvalue weighted by atomic mass is 32.1. The van der Waals surface area contributed by atoms with Gasteiger partial charge in [0.2, 0.25) is 0 Å². The SMILES string of the molecule is CNCc1cc(COCCc2scnc2C)oc1C. The normalized spacial score (nSPS) is 11.1. The van der Waals surface area contributed by atoms with Gasteiger partial charge < -0.3 is 14.5 Å². The van der Waals surface area contributed by atoms with E-state index in [-0.39, 0.29) is 0 Å². The van der Waals surface area contributed by atoms with E-state index in [1.54, 1.807) is 11.3 Å². The summed E-state index contributed by atoms with van der Waals surface area (Å²) in [6.45, 7) is 6.07. The van der Waals surface area contributed by atoms with Gasteiger partial charge in [0.1, 0.15) is 18.1 Å². The third-order valence-electron chi connectivity index (χ3n) is 3.00. The lowest BCUT2D eigenvalue weighted by Crippen LogP contribution is -2.04. The molecule has 0 fully saturated rings. The van der Waals surface area contributed by atoms with E-state index >= 15 is 0 Å². The molecule has 0 spiro atoms. The molecule has 0 bridgehead atoms. The predicted octanol–water partition coefficient (Wildman–Crippen LogP) is 2.83. The topological polar surface area (TPSA) is 47.3 Å². The van der Waals surface area contributed by atoms with Crippen molar-refractivity contribution in [2.75, 3.05) is 13.7 Å². The van der Waals surface area contributed by atoms with Gasteiger partial charge in [-0.25, -0.2) is 4.98 Å². The fraction of sp³-hybridized carbons (Fsp3) is 0.500. The minimum Gasteiger partial charge on any atom is -0.464 e. The van der Waals surface area contributed by atoms with Crippen LogP contribution in [-0.4, -0.2) is 18.6 Å². The van der Waals surface area contributed by atoms with Gasteiger partial charge in [-0.15, -0.1) is 11.3 Å². The molecular formula is C14H20N2O2S. The fourth-order valence-corrected chi connectivity index (χ4v) is 2.69. The summed E-state index contributed by atoms with van der Waals surface area (Å²) in [4.78, 5) is 5.52. The Morgan fingerprint density at radius 3 is 2.95 bits per heavy atom. The lowest BCUT2D eigenvalue weighted by atomic mass is 10.2. The second kappa shape index (κ2) is 6.84. The Balaban J connectivity index is 1.76. The molecule has 19 heavy (non-hydrogen) atoms. The van der Waals surface area contributed by atoms with Gasteiger partial charge in [0.05, 0.1) is 17.8 Å². The quantitative estimate of drug-likeness (QED) is 0.792. The van der Waals surface area contributed by atoms with Crippen LogP contribution in [0.5, 0.6) is 0 Å². The molecule has 0 aliphatic rings. The van der Waals surface area contributed by atoms with Gasteiger partial charge >= 0.3 is 0 Å². The third-order valence-corrected chi connectivity index (χ3v) is 4.00. The highest BCUT2D eigenvalue weighted by molar-refractivity contribution is 7.09. The molecule has 0 amide bonds. The molecule has 2 aromatic heterocycles. The maximum atomic E-state index is 5.66. The van der Waals surface area contributed by atoms with Gasteiger partial charge in [-0.1, -0.05) is 0 Å². The van der Waals surface area contributed by atoms with Gasteiger partial charge in [-0.3, -0.25) is 0 Å². The lowest BCUT2D eigenvalue weighted by Gasteiger charge is -2.01. The van der Waals surface area contributed by atoms with Crippen molar-refractivity contribution in [1.82, 2.24) is 10.3 Å². The van der Waals surface area contributed by atoms with Crippen LogP contribution >= 0.6 is 11.3 Å². The van der Waals surface area contributed by atoms with Crippen molar-refractivity contribution in [3.05, 3.63) is 39.2 Å². The zero-order valence-electron chi connectivity index (χ0n) is 11.7. The highest BCUT2D eigenvalue weighted by Gasteiger charge is 2.07. The first-order chi connectivity index (χ1) is 9.20. The molecule has 0 radical (unpaired) electrons. The maximum Gasteiger partial charge on any atom is 0.130 e. The smallest absolute Gasteiger partial charge is 0.130 e. The molecule has 2 rings (SSSR count). The van der Waals surface area contributed by atoms with Crippen LogP contribution in [0.15, 0.2) is 16.0 Å². The molecule has 0 atom stereocenters. The van der Waals surface area contributed by atoms with Crippen molar-refractivity contribution in [3.8, 4) is 0 Å². The van der Waals surface area contributed by atoms with E-state index in [0.29, 0.717) is 13.2 Å². The van der Waals surface area contributed by atoms with Crippen molar-refractivity contribution in [2.24, 2.45) is 0 Å². The number of nitrogens with one attached hydrogen (secondary N) is 1. The number of aryl methyl sites for hydroxylation is 2. The van der Waals surface area contributed by atoms with Crippen LogP contribution in [0.25, 0.3) is 0 Å². The zero-order chi connectivity index (χ0) is 13.7. The minimum atomic E-state index is 0.530. The van der Waals surface area contributed by atoms with Crippen LogP contribution in [-0.2, 0) is 24.3 Å². The Morgan fingerprint density at radius 1 is 1.42 bits per heavy atom. The summed E-state index contributed by atoms with van der Waals surface area (Å²) >= 11 is 1.69. The Labute approximate surface area is 117 Å². The summed E-state index contributed by atoms with van der Waals surface area (Å²) in [7, 11) is 1.93. The Morgan fingerprint density at radius 2 is 2.26 bits per heavy atom. The minimum absolute atomic E-state index is 0.530. The Bertz CT molecular complexity index is 519. The van der Waals surface area contributed by atoms with Crippen molar-refractivity contribution < 1.29 is 9.15 Å². The summed E-state index contributed by atoms with van der Waals surface area (Å²) in [6, 6.07) is 2.06. The van der Waals surface area contributed by atoms with Crippen molar-refractivity contribution >= 4 is 11.3 Å². The first-order valence-corrected chi connectivity index (χ1v) is 7.28. The second-order valence-electron chi connectivity index (χ2n) is 4.49. The number of ether oxygens (including phenoxy) is 1. The average Bonchev–Trinajstić information content (AvgIpc) is 2.93. The van der Waals surface area contributed by atoms with E-state index in [2.05, 4.69) is 16.4 Å². The molecule has 0 aliphatic heterocycles. The van der Waals surface area contributed by atoms with E-state index in [4.69, 9.17) is 9.15 Å². The average molecular weight is 280 g/mol. The lowest BCUT2D eigenvalue weighted by molar-refractivity contribution is 0.108. The van der Waals surface area contributed by atoms with E-state index in [9.17, 15) is 0 Å². The molecule has 2 heterocycles. The van der Waals surface area contributed by atoms with Crippen LogP contribution < -0.4 is 5.32 Å². The number of furan rings is 1. The molecule has 0 aromatic carbocycles. The molecule has 0 aliphatic carbocycles. The van der Waals surface area contributed by atoms with Crippen molar-refractivity contribution in [3.63, 3.8) is 0 Å². The summed E-state index contributed by atoms with van der Waals surface area (Å²) < 4.78 is 11.3. The monoisotopic (exact) mass is 280 g/mol. The molecule has 2 aromatic rings. The van der Waals surface area contributed by atoms with Gasteiger partial charge in [0.15, 0.2) is 0 Å². The summed E-state index contributed by atoms with van der Waals surface area (Å²) in [5.74, 6) is 1.86. The van der Waals surface area contributed by atoms with Crippen molar-refractivity contribution in [1.29, 1.82) is 0 Å². The van der Waals surface area contributed by atoms with E-state index in [1.165, 1.54) is 10.4 Å². The van der Waals surface area contributed by atoms with Gasteiger partial charge in [0, 0.05) is 23.4 Å². The number of aromatic nitrogens is 1. The van der Waals surface area contributed by atoms with Crippen molar-refractivity contribution in [2.45, 2.75) is 33.4 Å². The summed E-state index contributed by atoms with van der Waals surface area (Å²) in [6.07, 6.45) is 0.916. The molecule has 4 nitrogen and oxygen atoms in total. The number of nitrogens with zero attached hydrogens (tertiary/aromatic N) is 1. The van der Waals surface area contributed by atoms with Crippen LogP contribution in [0.3, 0.4) is 0 Å². The molecular weight excluding hydrogens is 260 g/mol. The highest BCUT2D eigenvalue weighted by Crippen LogP contribution is 2.16. The fourth-order valence-electron chi connectivity index (χ4n) is 1.93.